The average Bonchev–Trinajstić information content (AvgIpc) is 2.48. The number of likely N-dealkylation sites (tertiary alicyclic amines) is 1. The van der Waals surface area contributed by atoms with Crippen LogP contribution >= 0.6 is 0 Å². The van der Waals surface area contributed by atoms with Crippen molar-refractivity contribution in [3.05, 3.63) is 0 Å². The number of carbonyl (C=O) groups excluding carboxylic acids is 1. The van der Waals surface area contributed by atoms with E-state index in [9.17, 15) is 4.79 Å². The van der Waals surface area contributed by atoms with Crippen molar-refractivity contribution in [3.63, 3.8) is 0 Å². The summed E-state index contributed by atoms with van der Waals surface area (Å²) in [6.07, 6.45) is 2.35. The zero-order valence-corrected chi connectivity index (χ0v) is 13.1. The van der Waals surface area contributed by atoms with Crippen molar-refractivity contribution in [3.8, 4) is 0 Å². The molecular formula is C14H28N4O3. The number of carbonyl (C=O) groups is 1. The van der Waals surface area contributed by atoms with E-state index in [4.69, 9.17) is 15.2 Å². The monoisotopic (exact) mass is 300 g/mol. The molecule has 21 heavy (non-hydrogen) atoms. The van der Waals surface area contributed by atoms with Gasteiger partial charge in [-0.15, -0.1) is 0 Å². The first-order valence-corrected chi connectivity index (χ1v) is 7.73. The van der Waals surface area contributed by atoms with Gasteiger partial charge >= 0.3 is 6.09 Å². The fourth-order valence-corrected chi connectivity index (χ4v) is 2.19. The molecule has 7 heteroatoms. The lowest BCUT2D eigenvalue weighted by Crippen LogP contribution is -2.48. The largest absolute Gasteiger partial charge is 0.450 e. The molecule has 1 heterocycles. The molecule has 1 rings (SSSR count). The lowest BCUT2D eigenvalue weighted by atomic mass is 10.1. The van der Waals surface area contributed by atoms with Crippen molar-refractivity contribution < 1.29 is 14.3 Å². The molecule has 0 unspecified atom stereocenters. The van der Waals surface area contributed by atoms with Gasteiger partial charge in [-0.1, -0.05) is 0 Å². The van der Waals surface area contributed by atoms with E-state index in [2.05, 4.69) is 10.3 Å². The quantitative estimate of drug-likeness (QED) is 0.415. The predicted octanol–water partition coefficient (Wildman–Crippen LogP) is 0.938. The van der Waals surface area contributed by atoms with E-state index < -0.39 is 0 Å². The maximum absolute atomic E-state index is 11.6. The second-order valence-corrected chi connectivity index (χ2v) is 4.92. The van der Waals surface area contributed by atoms with Gasteiger partial charge in [-0.05, 0) is 33.1 Å². The van der Waals surface area contributed by atoms with Crippen LogP contribution in [-0.2, 0) is 9.47 Å². The Morgan fingerprint density at radius 3 is 2.67 bits per heavy atom. The maximum Gasteiger partial charge on any atom is 0.409 e. The molecule has 0 radical (unpaired) electrons. The molecule has 3 N–H and O–H groups in total. The Morgan fingerprint density at radius 2 is 2.05 bits per heavy atom. The van der Waals surface area contributed by atoms with Crippen LogP contribution in [0.1, 0.15) is 33.1 Å². The number of nitrogens with zero attached hydrogens (tertiary/aromatic N) is 2. The van der Waals surface area contributed by atoms with Gasteiger partial charge < -0.3 is 25.4 Å². The van der Waals surface area contributed by atoms with E-state index in [0.717, 1.165) is 25.9 Å². The number of nitrogens with two attached hydrogens (primary N) is 1. The van der Waals surface area contributed by atoms with E-state index in [0.29, 0.717) is 38.8 Å². The van der Waals surface area contributed by atoms with Gasteiger partial charge in [0.1, 0.15) is 0 Å². The first-order valence-electron chi connectivity index (χ1n) is 7.73. The Balaban J connectivity index is 2.19. The summed E-state index contributed by atoms with van der Waals surface area (Å²) in [6.45, 7) is 7.69. The number of ether oxygens (including phenoxy) is 2. The van der Waals surface area contributed by atoms with Crippen molar-refractivity contribution in [2.75, 3.05) is 39.5 Å². The Hall–Kier alpha value is -1.50. The molecule has 1 aliphatic heterocycles. The van der Waals surface area contributed by atoms with E-state index in [1.807, 2.05) is 13.8 Å². The summed E-state index contributed by atoms with van der Waals surface area (Å²) >= 11 is 0. The second kappa shape index (κ2) is 10.3. The number of rotatable bonds is 7. The molecule has 1 amide bonds. The molecule has 0 bridgehead atoms. The van der Waals surface area contributed by atoms with E-state index in [1.165, 1.54) is 0 Å². The molecule has 0 aliphatic carbocycles. The van der Waals surface area contributed by atoms with Crippen LogP contribution in [0.5, 0.6) is 0 Å². The van der Waals surface area contributed by atoms with Crippen molar-refractivity contribution in [2.24, 2.45) is 10.7 Å². The predicted molar refractivity (Wildman–Crippen MR) is 82.4 cm³/mol. The van der Waals surface area contributed by atoms with Gasteiger partial charge in [-0.25, -0.2) is 4.79 Å². The highest BCUT2D eigenvalue weighted by Gasteiger charge is 2.23. The van der Waals surface area contributed by atoms with Gasteiger partial charge in [0.25, 0.3) is 0 Å². The summed E-state index contributed by atoms with van der Waals surface area (Å²) in [7, 11) is 0. The van der Waals surface area contributed by atoms with Crippen LogP contribution in [0.2, 0.25) is 0 Å². The smallest absolute Gasteiger partial charge is 0.409 e. The van der Waals surface area contributed by atoms with Gasteiger partial charge in [0.15, 0.2) is 5.96 Å². The third-order valence-corrected chi connectivity index (χ3v) is 3.31. The lowest BCUT2D eigenvalue weighted by Gasteiger charge is -2.31. The van der Waals surface area contributed by atoms with Crippen molar-refractivity contribution in [2.45, 2.75) is 39.2 Å². The molecule has 0 spiro atoms. The van der Waals surface area contributed by atoms with Gasteiger partial charge in [0, 0.05) is 38.9 Å². The molecule has 0 atom stereocenters. The van der Waals surface area contributed by atoms with E-state index in [-0.39, 0.29) is 12.1 Å². The molecule has 7 nitrogen and oxygen atoms in total. The molecule has 0 aromatic carbocycles. The van der Waals surface area contributed by atoms with Gasteiger partial charge in [-0.2, -0.15) is 0 Å². The Morgan fingerprint density at radius 1 is 1.33 bits per heavy atom. The van der Waals surface area contributed by atoms with Crippen LogP contribution < -0.4 is 11.1 Å². The molecular weight excluding hydrogens is 272 g/mol. The minimum Gasteiger partial charge on any atom is -0.450 e. The van der Waals surface area contributed by atoms with Crippen LogP contribution in [-0.4, -0.2) is 62.4 Å². The van der Waals surface area contributed by atoms with Gasteiger partial charge in [-0.3, -0.25) is 4.99 Å². The van der Waals surface area contributed by atoms with Crippen LogP contribution in [0.25, 0.3) is 0 Å². The lowest BCUT2D eigenvalue weighted by molar-refractivity contribution is 0.0963. The first-order chi connectivity index (χ1) is 10.2. The summed E-state index contributed by atoms with van der Waals surface area (Å²) in [5, 5.41) is 3.21. The summed E-state index contributed by atoms with van der Waals surface area (Å²) < 4.78 is 10.2. The normalized spacial score (nSPS) is 16.9. The summed E-state index contributed by atoms with van der Waals surface area (Å²) in [5.74, 6) is 0.473. The topological polar surface area (TPSA) is 89.2 Å². The summed E-state index contributed by atoms with van der Waals surface area (Å²) in [6, 6.07) is 0.270. The van der Waals surface area contributed by atoms with E-state index in [1.54, 1.807) is 4.90 Å². The molecule has 1 aliphatic rings. The molecule has 0 saturated carbocycles. The second-order valence-electron chi connectivity index (χ2n) is 4.92. The molecule has 0 aromatic heterocycles. The highest BCUT2D eigenvalue weighted by atomic mass is 16.6. The van der Waals surface area contributed by atoms with Crippen molar-refractivity contribution in [1.82, 2.24) is 10.2 Å². The van der Waals surface area contributed by atoms with Crippen LogP contribution in [0.15, 0.2) is 4.99 Å². The summed E-state index contributed by atoms with van der Waals surface area (Å²) in [5.41, 5.74) is 5.85. The highest BCUT2D eigenvalue weighted by Crippen LogP contribution is 2.11. The average molecular weight is 300 g/mol. The first kappa shape index (κ1) is 17.6. The number of hydrogen-bond acceptors (Lipinski definition) is 4. The van der Waals surface area contributed by atoms with E-state index >= 15 is 0 Å². The highest BCUT2D eigenvalue weighted by molar-refractivity contribution is 5.78. The number of aliphatic imine (C=N–C) groups is 1. The van der Waals surface area contributed by atoms with Crippen LogP contribution in [0.4, 0.5) is 4.79 Å². The Labute approximate surface area is 126 Å². The zero-order chi connectivity index (χ0) is 15.5. The molecule has 1 saturated heterocycles. The van der Waals surface area contributed by atoms with Crippen LogP contribution in [0.3, 0.4) is 0 Å². The molecule has 0 aromatic rings. The third-order valence-electron chi connectivity index (χ3n) is 3.31. The van der Waals surface area contributed by atoms with Crippen molar-refractivity contribution >= 4 is 12.1 Å². The minimum atomic E-state index is -0.228. The Bertz CT molecular complexity index is 328. The number of hydrogen-bond donors (Lipinski definition) is 2. The number of nitrogens with one attached hydrogen (secondary N) is 1. The third kappa shape index (κ3) is 7.17. The van der Waals surface area contributed by atoms with Crippen LogP contribution in [0, 0.1) is 0 Å². The fraction of sp³-hybridized carbons (Fsp3) is 0.857. The standard InChI is InChI=1S/C14H28N4O3/c1-3-20-11-5-8-16-13(15)17-12-6-9-18(10-7-12)14(19)21-4-2/h12H,3-11H2,1-2H3,(H3,15,16,17). The minimum absolute atomic E-state index is 0.228. The SMILES string of the molecule is CCOCCCN=C(N)NC1CCN(C(=O)OCC)CC1. The maximum atomic E-state index is 11.6. The van der Waals surface area contributed by atoms with Gasteiger partial charge in [0.05, 0.1) is 6.61 Å². The van der Waals surface area contributed by atoms with Crippen molar-refractivity contribution in [1.29, 1.82) is 0 Å². The number of guanidine groups is 1. The zero-order valence-electron chi connectivity index (χ0n) is 13.1. The number of piperidine rings is 1. The Kier molecular flexibility index (Phi) is 8.57. The van der Waals surface area contributed by atoms with Gasteiger partial charge in [0.2, 0.25) is 0 Å². The fourth-order valence-electron chi connectivity index (χ4n) is 2.19. The summed E-state index contributed by atoms with van der Waals surface area (Å²) in [4.78, 5) is 17.6. The molecule has 122 valence electrons. The molecule has 1 fully saturated rings. The number of amides is 1.